The molecule has 1 atom stereocenters. The van der Waals surface area contributed by atoms with Crippen molar-refractivity contribution in [1.82, 2.24) is 10.3 Å². The lowest BCUT2D eigenvalue weighted by molar-refractivity contribution is -0.128. The molecule has 1 aliphatic heterocycles. The fourth-order valence-corrected chi connectivity index (χ4v) is 3.25. The van der Waals surface area contributed by atoms with Crippen LogP contribution in [-0.4, -0.2) is 36.0 Å². The fourth-order valence-electron chi connectivity index (χ4n) is 2.54. The minimum absolute atomic E-state index is 0.0775. The van der Waals surface area contributed by atoms with E-state index in [1.807, 2.05) is 24.3 Å². The normalized spacial score (nSPS) is 15.3. The van der Waals surface area contributed by atoms with Gasteiger partial charge in [0.15, 0.2) is 5.13 Å². The largest absolute Gasteiger partial charge is 0.496 e. The van der Waals surface area contributed by atoms with Crippen LogP contribution < -0.4 is 15.4 Å². The number of hydrogen-bond acceptors (Lipinski definition) is 6. The van der Waals surface area contributed by atoms with Crippen molar-refractivity contribution in [2.45, 2.75) is 13.0 Å². The standard InChI is InChI=1S/C19H18N4O4S/c1-27-15-7-3-2-5-12(15)10-21-16(24)9-13-11-28-19(22-13)23-18(26)14-6-4-8-20-17(14)25/h2-8,11,14H,9-10H2,1H3,(H,21,24)(H,22,23,26). The Morgan fingerprint density at radius 2 is 2.11 bits per heavy atom. The maximum absolute atomic E-state index is 12.2. The molecular weight excluding hydrogens is 380 g/mol. The first-order valence-electron chi connectivity index (χ1n) is 8.45. The highest BCUT2D eigenvalue weighted by atomic mass is 32.1. The van der Waals surface area contributed by atoms with Crippen molar-refractivity contribution in [1.29, 1.82) is 0 Å². The van der Waals surface area contributed by atoms with Crippen LogP contribution >= 0.6 is 11.3 Å². The lowest BCUT2D eigenvalue weighted by Crippen LogP contribution is -2.28. The van der Waals surface area contributed by atoms with Crippen molar-refractivity contribution in [3.63, 3.8) is 0 Å². The van der Waals surface area contributed by atoms with Crippen molar-refractivity contribution in [3.05, 3.63) is 53.1 Å². The number of rotatable bonds is 7. The summed E-state index contributed by atoms with van der Waals surface area (Å²) in [6.07, 6.45) is 4.45. The maximum Gasteiger partial charge on any atom is 0.262 e. The Hall–Kier alpha value is -3.33. The Morgan fingerprint density at radius 1 is 1.29 bits per heavy atom. The monoisotopic (exact) mass is 398 g/mol. The molecule has 2 N–H and O–H groups in total. The van der Waals surface area contributed by atoms with E-state index >= 15 is 0 Å². The predicted molar refractivity (Wildman–Crippen MR) is 105 cm³/mol. The summed E-state index contributed by atoms with van der Waals surface area (Å²) in [5, 5.41) is 7.42. The summed E-state index contributed by atoms with van der Waals surface area (Å²) < 4.78 is 5.25. The summed E-state index contributed by atoms with van der Waals surface area (Å²) in [4.78, 5) is 43.7. The molecule has 144 valence electrons. The van der Waals surface area contributed by atoms with Crippen LogP contribution in [0.1, 0.15) is 11.3 Å². The third-order valence-corrected chi connectivity index (χ3v) is 4.74. The van der Waals surface area contributed by atoms with Crippen molar-refractivity contribution in [2.24, 2.45) is 10.9 Å². The lowest BCUT2D eigenvalue weighted by atomic mass is 10.1. The molecule has 0 spiro atoms. The van der Waals surface area contributed by atoms with E-state index in [1.54, 1.807) is 18.6 Å². The second kappa shape index (κ2) is 9.05. The number of thiazole rings is 1. The summed E-state index contributed by atoms with van der Waals surface area (Å²) >= 11 is 1.19. The first kappa shape index (κ1) is 19.4. The molecule has 1 unspecified atom stereocenters. The molecule has 2 aromatic rings. The highest BCUT2D eigenvalue weighted by molar-refractivity contribution is 7.14. The van der Waals surface area contributed by atoms with Gasteiger partial charge < -0.3 is 15.4 Å². The van der Waals surface area contributed by atoms with Crippen molar-refractivity contribution in [3.8, 4) is 5.75 Å². The molecule has 1 aromatic heterocycles. The molecule has 0 aliphatic carbocycles. The summed E-state index contributed by atoms with van der Waals surface area (Å²) in [7, 11) is 1.58. The van der Waals surface area contributed by atoms with Gasteiger partial charge in [-0.2, -0.15) is 0 Å². The number of amides is 3. The number of nitrogens with zero attached hydrogens (tertiary/aromatic N) is 2. The predicted octanol–water partition coefficient (Wildman–Crippen LogP) is 1.73. The molecule has 0 saturated carbocycles. The topological polar surface area (TPSA) is 110 Å². The third-order valence-electron chi connectivity index (χ3n) is 3.93. The number of dihydropyridines is 1. The minimum Gasteiger partial charge on any atom is -0.496 e. The smallest absolute Gasteiger partial charge is 0.262 e. The first-order valence-corrected chi connectivity index (χ1v) is 9.33. The molecule has 3 amide bonds. The molecule has 8 nitrogen and oxygen atoms in total. The molecule has 0 radical (unpaired) electrons. The number of carbonyl (C=O) groups excluding carboxylic acids is 3. The van der Waals surface area contributed by atoms with Gasteiger partial charge in [-0.15, -0.1) is 11.3 Å². The molecular formula is C19H18N4O4S. The van der Waals surface area contributed by atoms with E-state index in [9.17, 15) is 14.4 Å². The molecule has 3 rings (SSSR count). The van der Waals surface area contributed by atoms with E-state index in [2.05, 4.69) is 20.6 Å². The highest BCUT2D eigenvalue weighted by Crippen LogP contribution is 2.19. The number of benzene rings is 1. The Kier molecular flexibility index (Phi) is 6.28. The van der Waals surface area contributed by atoms with Gasteiger partial charge in [-0.3, -0.25) is 14.4 Å². The zero-order valence-corrected chi connectivity index (χ0v) is 15.9. The Morgan fingerprint density at radius 3 is 2.89 bits per heavy atom. The Bertz CT molecular complexity index is 951. The molecule has 0 bridgehead atoms. The second-order valence-electron chi connectivity index (χ2n) is 5.88. The zero-order chi connectivity index (χ0) is 19.9. The van der Waals surface area contributed by atoms with Crippen LogP contribution in [0.2, 0.25) is 0 Å². The van der Waals surface area contributed by atoms with E-state index in [1.165, 1.54) is 23.6 Å². The van der Waals surface area contributed by atoms with Gasteiger partial charge in [-0.25, -0.2) is 9.98 Å². The molecule has 1 aromatic carbocycles. The number of nitrogens with one attached hydrogen (secondary N) is 2. The number of allylic oxidation sites excluding steroid dienone is 1. The van der Waals surface area contributed by atoms with E-state index in [0.717, 1.165) is 5.56 Å². The third kappa shape index (κ3) is 4.89. The zero-order valence-electron chi connectivity index (χ0n) is 15.0. The van der Waals surface area contributed by atoms with Gasteiger partial charge in [0, 0.05) is 23.7 Å². The van der Waals surface area contributed by atoms with Gasteiger partial charge in [-0.05, 0) is 12.1 Å². The molecule has 0 fully saturated rings. The van der Waals surface area contributed by atoms with Crippen LogP contribution in [0.3, 0.4) is 0 Å². The van der Waals surface area contributed by atoms with E-state index < -0.39 is 17.7 Å². The SMILES string of the molecule is COc1ccccc1CNC(=O)Cc1csc(NC(=O)C2C=CC=NC2=O)n1. The number of hydrogen-bond donors (Lipinski definition) is 2. The number of anilines is 1. The molecule has 28 heavy (non-hydrogen) atoms. The van der Waals surface area contributed by atoms with Gasteiger partial charge in [0.1, 0.15) is 11.7 Å². The van der Waals surface area contributed by atoms with E-state index in [0.29, 0.717) is 23.1 Å². The first-order chi connectivity index (χ1) is 13.6. The minimum atomic E-state index is -0.957. The van der Waals surface area contributed by atoms with Crippen molar-refractivity contribution >= 4 is 40.4 Å². The summed E-state index contributed by atoms with van der Waals surface area (Å²) in [6, 6.07) is 7.43. The lowest BCUT2D eigenvalue weighted by Gasteiger charge is -2.09. The van der Waals surface area contributed by atoms with Gasteiger partial charge >= 0.3 is 0 Å². The number of aliphatic imine (C=N–C) groups is 1. The van der Waals surface area contributed by atoms with Gasteiger partial charge in [0.2, 0.25) is 11.8 Å². The number of methoxy groups -OCH3 is 1. The molecule has 1 aliphatic rings. The molecule has 9 heteroatoms. The van der Waals surface area contributed by atoms with Gasteiger partial charge in [-0.1, -0.05) is 24.3 Å². The average molecular weight is 398 g/mol. The number of carbonyl (C=O) groups is 3. The highest BCUT2D eigenvalue weighted by Gasteiger charge is 2.25. The second-order valence-corrected chi connectivity index (χ2v) is 6.74. The number of ether oxygens (including phenoxy) is 1. The van der Waals surface area contributed by atoms with Crippen LogP contribution in [0.15, 0.2) is 46.8 Å². The Balaban J connectivity index is 1.52. The quantitative estimate of drug-likeness (QED) is 0.691. The van der Waals surface area contributed by atoms with Crippen LogP contribution in [0.4, 0.5) is 5.13 Å². The van der Waals surface area contributed by atoms with Gasteiger partial charge in [0.25, 0.3) is 5.91 Å². The molecule has 0 saturated heterocycles. The summed E-state index contributed by atoms with van der Waals surface area (Å²) in [6.45, 7) is 0.340. The van der Waals surface area contributed by atoms with Crippen LogP contribution in [0, 0.1) is 5.92 Å². The number of para-hydroxylation sites is 1. The number of aromatic nitrogens is 1. The summed E-state index contributed by atoms with van der Waals surface area (Å²) in [5.74, 6) is -1.47. The van der Waals surface area contributed by atoms with Crippen LogP contribution in [0.25, 0.3) is 0 Å². The Labute approximate surface area is 165 Å². The van der Waals surface area contributed by atoms with Crippen molar-refractivity contribution < 1.29 is 19.1 Å². The summed E-state index contributed by atoms with van der Waals surface area (Å²) in [5.41, 5.74) is 1.40. The van der Waals surface area contributed by atoms with E-state index in [4.69, 9.17) is 4.74 Å². The fraction of sp³-hybridized carbons (Fsp3) is 0.211. The van der Waals surface area contributed by atoms with Gasteiger partial charge in [0.05, 0.1) is 19.2 Å². The van der Waals surface area contributed by atoms with E-state index in [-0.39, 0.29) is 12.3 Å². The maximum atomic E-state index is 12.2. The average Bonchev–Trinajstić information content (AvgIpc) is 3.13. The van der Waals surface area contributed by atoms with Crippen LogP contribution in [0.5, 0.6) is 5.75 Å². The van der Waals surface area contributed by atoms with Crippen molar-refractivity contribution in [2.75, 3.05) is 12.4 Å². The molecule has 2 heterocycles. The van der Waals surface area contributed by atoms with Crippen LogP contribution in [-0.2, 0) is 27.3 Å².